The zero-order valence-corrected chi connectivity index (χ0v) is 12.7. The van der Waals surface area contributed by atoms with Crippen molar-refractivity contribution in [2.24, 2.45) is 0 Å². The van der Waals surface area contributed by atoms with E-state index in [4.69, 9.17) is 5.73 Å². The third-order valence-corrected chi connectivity index (χ3v) is 3.71. The van der Waals surface area contributed by atoms with E-state index in [1.165, 1.54) is 17.8 Å². The molecule has 0 aliphatic heterocycles. The molecule has 0 saturated carbocycles. The number of allylic oxidation sites excluding steroid dienone is 2. The Balaban J connectivity index is 2.77. The second-order valence-corrected chi connectivity index (χ2v) is 5.10. The molecule has 0 radical (unpaired) electrons. The van der Waals surface area contributed by atoms with Crippen LogP contribution in [0.25, 0.3) is 16.0 Å². The van der Waals surface area contributed by atoms with Gasteiger partial charge in [0.05, 0.1) is 10.6 Å². The quantitative estimate of drug-likeness (QED) is 0.515. The van der Waals surface area contributed by atoms with Crippen LogP contribution in [0.4, 0.5) is 11.5 Å². The molecule has 0 unspecified atom stereocenters. The molecule has 0 bridgehead atoms. The molecule has 2 rings (SSSR count). The number of pyridine rings is 2. The van der Waals surface area contributed by atoms with Crippen LogP contribution in [0.15, 0.2) is 49.3 Å². The van der Waals surface area contributed by atoms with Gasteiger partial charge in [-0.15, -0.1) is 11.8 Å². The van der Waals surface area contributed by atoms with Crippen molar-refractivity contribution in [3.63, 3.8) is 0 Å². The van der Waals surface area contributed by atoms with Crippen molar-refractivity contribution >= 4 is 28.2 Å². The molecule has 112 valence electrons. The van der Waals surface area contributed by atoms with Crippen molar-refractivity contribution < 1.29 is 4.92 Å². The van der Waals surface area contributed by atoms with Crippen molar-refractivity contribution in [2.45, 2.75) is 0 Å². The standard InChI is InChI=1S/C15H14N4O2S/c1-3-4-13(22-2)14-11(10-5-7-17-8-6-10)9-12(19(20)21)15(16)18-14/h3-9H,1H2,2H3,(H2,16,18)/b13-4-. The summed E-state index contributed by atoms with van der Waals surface area (Å²) in [7, 11) is 0. The van der Waals surface area contributed by atoms with Crippen molar-refractivity contribution in [1.82, 2.24) is 9.97 Å². The lowest BCUT2D eigenvalue weighted by atomic mass is 10.0. The Hall–Kier alpha value is -2.67. The predicted octanol–water partition coefficient (Wildman–Crippen LogP) is 3.52. The van der Waals surface area contributed by atoms with E-state index in [0.717, 1.165) is 10.5 Å². The van der Waals surface area contributed by atoms with Gasteiger partial charge >= 0.3 is 5.69 Å². The first-order valence-electron chi connectivity index (χ1n) is 6.31. The van der Waals surface area contributed by atoms with Gasteiger partial charge in [0.2, 0.25) is 5.82 Å². The molecule has 0 atom stereocenters. The summed E-state index contributed by atoms with van der Waals surface area (Å²) < 4.78 is 0. The van der Waals surface area contributed by atoms with Crippen LogP contribution in [0.2, 0.25) is 0 Å². The molecule has 7 heteroatoms. The van der Waals surface area contributed by atoms with E-state index in [9.17, 15) is 10.1 Å². The Morgan fingerprint density at radius 1 is 1.45 bits per heavy atom. The summed E-state index contributed by atoms with van der Waals surface area (Å²) >= 11 is 1.47. The van der Waals surface area contributed by atoms with Gasteiger partial charge in [-0.1, -0.05) is 12.7 Å². The average molecular weight is 314 g/mol. The third-order valence-electron chi connectivity index (χ3n) is 2.94. The monoisotopic (exact) mass is 314 g/mol. The van der Waals surface area contributed by atoms with Gasteiger partial charge in [0.15, 0.2) is 0 Å². The Labute approximate surface area is 131 Å². The number of nitrogens with two attached hydrogens (primary N) is 1. The highest BCUT2D eigenvalue weighted by molar-refractivity contribution is 8.07. The summed E-state index contributed by atoms with van der Waals surface area (Å²) in [6.45, 7) is 3.68. The number of hydrogen-bond acceptors (Lipinski definition) is 6. The molecule has 0 saturated heterocycles. The number of anilines is 1. The van der Waals surface area contributed by atoms with E-state index in [0.29, 0.717) is 11.3 Å². The van der Waals surface area contributed by atoms with E-state index >= 15 is 0 Å². The van der Waals surface area contributed by atoms with E-state index in [1.54, 1.807) is 36.7 Å². The van der Waals surface area contributed by atoms with E-state index in [1.807, 2.05) is 6.26 Å². The number of hydrogen-bond donors (Lipinski definition) is 1. The van der Waals surface area contributed by atoms with Gasteiger partial charge in [-0.3, -0.25) is 15.1 Å². The highest BCUT2D eigenvalue weighted by Crippen LogP contribution is 2.36. The predicted molar refractivity (Wildman–Crippen MR) is 90.2 cm³/mol. The van der Waals surface area contributed by atoms with E-state index in [-0.39, 0.29) is 11.5 Å². The number of nitrogens with zero attached hydrogens (tertiary/aromatic N) is 3. The molecule has 0 aliphatic rings. The SMILES string of the molecule is C=C/C=C(\SC)c1nc(N)c([N+](=O)[O-])cc1-c1ccncc1. The molecule has 2 aromatic rings. The molecule has 0 aliphatic carbocycles. The van der Waals surface area contributed by atoms with Crippen molar-refractivity contribution in [2.75, 3.05) is 12.0 Å². The third kappa shape index (κ3) is 3.15. The van der Waals surface area contributed by atoms with Gasteiger partial charge in [0.1, 0.15) is 0 Å². The fourth-order valence-electron chi connectivity index (χ4n) is 1.95. The van der Waals surface area contributed by atoms with Crippen LogP contribution in [0.5, 0.6) is 0 Å². The maximum atomic E-state index is 11.1. The van der Waals surface area contributed by atoms with Gasteiger partial charge in [-0.25, -0.2) is 4.98 Å². The van der Waals surface area contributed by atoms with Crippen LogP contribution in [0, 0.1) is 10.1 Å². The summed E-state index contributed by atoms with van der Waals surface area (Å²) in [5.74, 6) is -0.109. The minimum atomic E-state index is -0.535. The molecule has 6 nitrogen and oxygen atoms in total. The largest absolute Gasteiger partial charge is 0.378 e. The molecule has 0 spiro atoms. The molecule has 0 aromatic carbocycles. The van der Waals surface area contributed by atoms with Crippen LogP contribution in [0.3, 0.4) is 0 Å². The summed E-state index contributed by atoms with van der Waals surface area (Å²) in [6.07, 6.45) is 8.57. The minimum absolute atomic E-state index is 0.109. The summed E-state index contributed by atoms with van der Waals surface area (Å²) in [5.41, 5.74) is 7.51. The van der Waals surface area contributed by atoms with Crippen LogP contribution in [-0.4, -0.2) is 21.1 Å². The molecule has 22 heavy (non-hydrogen) atoms. The summed E-state index contributed by atoms with van der Waals surface area (Å²) in [6, 6.07) is 4.98. The minimum Gasteiger partial charge on any atom is -0.378 e. The van der Waals surface area contributed by atoms with Crippen LogP contribution >= 0.6 is 11.8 Å². The fraction of sp³-hybridized carbons (Fsp3) is 0.0667. The molecule has 2 heterocycles. The topological polar surface area (TPSA) is 94.9 Å². The van der Waals surface area contributed by atoms with Crippen LogP contribution < -0.4 is 5.73 Å². The second kappa shape index (κ2) is 6.86. The number of nitro groups is 1. The maximum absolute atomic E-state index is 11.1. The first-order valence-corrected chi connectivity index (χ1v) is 7.53. The Bertz CT molecular complexity index is 745. The first-order chi connectivity index (χ1) is 10.6. The fourth-order valence-corrected chi connectivity index (χ4v) is 2.53. The maximum Gasteiger partial charge on any atom is 0.311 e. The molecular weight excluding hydrogens is 300 g/mol. The average Bonchev–Trinajstić information content (AvgIpc) is 2.53. The van der Waals surface area contributed by atoms with Crippen molar-refractivity contribution in [1.29, 1.82) is 0 Å². The summed E-state index contributed by atoms with van der Waals surface area (Å²) in [5, 5.41) is 11.1. The lowest BCUT2D eigenvalue weighted by Crippen LogP contribution is -2.03. The number of rotatable bonds is 5. The van der Waals surface area contributed by atoms with Gasteiger partial charge in [-0.05, 0) is 30.0 Å². The molecule has 0 amide bonds. The van der Waals surface area contributed by atoms with Crippen molar-refractivity contribution in [3.05, 3.63) is 65.1 Å². The molecule has 2 aromatic heterocycles. The smallest absolute Gasteiger partial charge is 0.311 e. The summed E-state index contributed by atoms with van der Waals surface area (Å²) in [4.78, 5) is 19.6. The van der Waals surface area contributed by atoms with Crippen molar-refractivity contribution in [3.8, 4) is 11.1 Å². The van der Waals surface area contributed by atoms with Gasteiger partial charge in [-0.2, -0.15) is 0 Å². The molecule has 2 N–H and O–H groups in total. The number of thioether (sulfide) groups is 1. The van der Waals surface area contributed by atoms with Crippen LogP contribution in [-0.2, 0) is 0 Å². The van der Waals surface area contributed by atoms with E-state index in [2.05, 4.69) is 16.5 Å². The Kier molecular flexibility index (Phi) is 4.90. The van der Waals surface area contributed by atoms with Gasteiger partial charge < -0.3 is 5.73 Å². The lowest BCUT2D eigenvalue weighted by Gasteiger charge is -2.11. The Morgan fingerprint density at radius 3 is 2.68 bits per heavy atom. The molecular formula is C15H14N4O2S. The van der Waals surface area contributed by atoms with Gasteiger partial charge in [0, 0.05) is 28.9 Å². The number of aromatic nitrogens is 2. The molecule has 0 fully saturated rings. The normalized spacial score (nSPS) is 11.2. The first kappa shape index (κ1) is 15.7. The second-order valence-electron chi connectivity index (χ2n) is 4.25. The van der Waals surface area contributed by atoms with Crippen LogP contribution in [0.1, 0.15) is 5.69 Å². The number of nitrogen functional groups attached to an aromatic ring is 1. The van der Waals surface area contributed by atoms with Gasteiger partial charge in [0.25, 0.3) is 0 Å². The highest BCUT2D eigenvalue weighted by atomic mass is 32.2. The van der Waals surface area contributed by atoms with E-state index < -0.39 is 4.92 Å². The zero-order valence-electron chi connectivity index (χ0n) is 11.9. The Morgan fingerprint density at radius 2 is 2.14 bits per heavy atom. The highest BCUT2D eigenvalue weighted by Gasteiger charge is 2.20. The lowest BCUT2D eigenvalue weighted by molar-refractivity contribution is -0.384. The zero-order chi connectivity index (χ0) is 16.1.